The van der Waals surface area contributed by atoms with Crippen molar-refractivity contribution in [1.29, 1.82) is 0 Å². The van der Waals surface area contributed by atoms with E-state index in [1.807, 2.05) is 38.1 Å². The molecule has 2 rings (SSSR count). The maximum absolute atomic E-state index is 12.1. The normalized spacial score (nSPS) is 17.2. The van der Waals surface area contributed by atoms with E-state index < -0.39 is 5.54 Å². The topological polar surface area (TPSA) is 58.6 Å². The van der Waals surface area contributed by atoms with Gasteiger partial charge >= 0.3 is 6.03 Å². The Kier molecular flexibility index (Phi) is 3.97. The van der Waals surface area contributed by atoms with Gasteiger partial charge in [-0.1, -0.05) is 26.0 Å². The van der Waals surface area contributed by atoms with Crippen molar-refractivity contribution >= 4 is 11.9 Å². The van der Waals surface area contributed by atoms with E-state index in [2.05, 4.69) is 5.32 Å². The summed E-state index contributed by atoms with van der Waals surface area (Å²) in [6, 6.07) is 7.21. The Morgan fingerprint density at radius 1 is 1.15 bits per heavy atom. The van der Waals surface area contributed by atoms with Gasteiger partial charge in [0.1, 0.15) is 11.3 Å². The maximum atomic E-state index is 12.1. The quantitative estimate of drug-likeness (QED) is 0.840. The second-order valence-electron chi connectivity index (χ2n) is 4.93. The van der Waals surface area contributed by atoms with Crippen LogP contribution in [0.4, 0.5) is 4.79 Å². The van der Waals surface area contributed by atoms with Crippen molar-refractivity contribution in [2.24, 2.45) is 0 Å². The van der Waals surface area contributed by atoms with Crippen LogP contribution in [0.25, 0.3) is 0 Å². The van der Waals surface area contributed by atoms with Crippen LogP contribution in [0.5, 0.6) is 5.75 Å². The Balaban J connectivity index is 2.25. The highest BCUT2D eigenvalue weighted by Crippen LogP contribution is 2.31. The van der Waals surface area contributed by atoms with Gasteiger partial charge in [-0.3, -0.25) is 10.1 Å². The molecule has 108 valence electrons. The summed E-state index contributed by atoms with van der Waals surface area (Å²) in [4.78, 5) is 25.7. The van der Waals surface area contributed by atoms with Crippen molar-refractivity contribution in [3.8, 4) is 5.75 Å². The van der Waals surface area contributed by atoms with Gasteiger partial charge in [-0.25, -0.2) is 4.79 Å². The van der Waals surface area contributed by atoms with Crippen LogP contribution in [0.15, 0.2) is 24.3 Å². The molecule has 3 amide bonds. The minimum absolute atomic E-state index is 0.194. The number of methoxy groups -OCH3 is 1. The number of imide groups is 1. The van der Waals surface area contributed by atoms with E-state index in [1.165, 1.54) is 0 Å². The Labute approximate surface area is 118 Å². The minimum Gasteiger partial charge on any atom is -0.497 e. The number of nitrogens with zero attached hydrogens (tertiary/aromatic N) is 1. The number of hydrogen-bond donors (Lipinski definition) is 1. The molecule has 0 radical (unpaired) electrons. The molecule has 1 aliphatic heterocycles. The zero-order chi connectivity index (χ0) is 14.8. The van der Waals surface area contributed by atoms with Crippen molar-refractivity contribution in [2.45, 2.75) is 38.8 Å². The van der Waals surface area contributed by atoms with Crippen LogP contribution in [0.3, 0.4) is 0 Å². The molecular formula is C15H20N2O3. The SMILES string of the molecule is CCC1(CC)C(=O)NC(=O)N1Cc1ccc(OC)cc1. The zero-order valence-corrected chi connectivity index (χ0v) is 12.1. The Bertz CT molecular complexity index is 506. The molecule has 1 fully saturated rings. The molecule has 0 bridgehead atoms. The molecule has 0 aromatic heterocycles. The smallest absolute Gasteiger partial charge is 0.325 e. The number of amides is 3. The predicted octanol–water partition coefficient (Wildman–Crippen LogP) is 2.31. The first-order valence-electron chi connectivity index (χ1n) is 6.83. The lowest BCUT2D eigenvalue weighted by Gasteiger charge is -2.33. The van der Waals surface area contributed by atoms with Gasteiger partial charge in [0.2, 0.25) is 0 Å². The van der Waals surface area contributed by atoms with Crippen molar-refractivity contribution in [3.63, 3.8) is 0 Å². The molecule has 0 unspecified atom stereocenters. The molecule has 0 spiro atoms. The largest absolute Gasteiger partial charge is 0.497 e. The standard InChI is InChI=1S/C15H20N2O3/c1-4-15(5-2)13(18)16-14(19)17(15)10-11-6-8-12(20-3)9-7-11/h6-9H,4-5,10H2,1-3H3,(H,16,18,19). The third kappa shape index (κ3) is 2.24. The summed E-state index contributed by atoms with van der Waals surface area (Å²) in [5, 5.41) is 2.43. The fraction of sp³-hybridized carbons (Fsp3) is 0.467. The van der Waals surface area contributed by atoms with Crippen LogP contribution in [-0.4, -0.2) is 29.5 Å². The lowest BCUT2D eigenvalue weighted by molar-refractivity contribution is -0.127. The molecule has 1 saturated heterocycles. The lowest BCUT2D eigenvalue weighted by Crippen LogP contribution is -2.48. The van der Waals surface area contributed by atoms with Crippen molar-refractivity contribution < 1.29 is 14.3 Å². The highest BCUT2D eigenvalue weighted by molar-refractivity contribution is 6.06. The van der Waals surface area contributed by atoms with E-state index in [-0.39, 0.29) is 11.9 Å². The molecule has 5 nitrogen and oxygen atoms in total. The van der Waals surface area contributed by atoms with Gasteiger partial charge in [0.15, 0.2) is 0 Å². The minimum atomic E-state index is -0.725. The molecule has 1 heterocycles. The van der Waals surface area contributed by atoms with E-state index in [0.717, 1.165) is 11.3 Å². The number of ether oxygens (including phenoxy) is 1. The van der Waals surface area contributed by atoms with Crippen molar-refractivity contribution in [3.05, 3.63) is 29.8 Å². The molecule has 1 N–H and O–H groups in total. The van der Waals surface area contributed by atoms with Crippen molar-refractivity contribution in [2.75, 3.05) is 7.11 Å². The fourth-order valence-electron chi connectivity index (χ4n) is 2.69. The van der Waals surface area contributed by atoms with Gasteiger partial charge < -0.3 is 9.64 Å². The molecule has 1 aromatic carbocycles. The summed E-state index contributed by atoms with van der Waals surface area (Å²) >= 11 is 0. The van der Waals surface area contributed by atoms with Crippen LogP contribution in [0.1, 0.15) is 32.3 Å². The predicted molar refractivity (Wildman–Crippen MR) is 75.4 cm³/mol. The van der Waals surface area contributed by atoms with E-state index >= 15 is 0 Å². The van der Waals surface area contributed by atoms with E-state index in [1.54, 1.807) is 12.0 Å². The van der Waals surface area contributed by atoms with Gasteiger partial charge in [-0.15, -0.1) is 0 Å². The fourth-order valence-corrected chi connectivity index (χ4v) is 2.69. The summed E-state index contributed by atoms with van der Waals surface area (Å²) in [5.74, 6) is 0.578. The number of hydrogen-bond acceptors (Lipinski definition) is 3. The Hall–Kier alpha value is -2.04. The zero-order valence-electron chi connectivity index (χ0n) is 12.1. The second kappa shape index (κ2) is 5.53. The highest BCUT2D eigenvalue weighted by atomic mass is 16.5. The van der Waals surface area contributed by atoms with E-state index in [9.17, 15) is 9.59 Å². The van der Waals surface area contributed by atoms with Crippen molar-refractivity contribution in [1.82, 2.24) is 10.2 Å². The van der Waals surface area contributed by atoms with Crippen LogP contribution >= 0.6 is 0 Å². The first kappa shape index (κ1) is 14.4. The second-order valence-corrected chi connectivity index (χ2v) is 4.93. The third-order valence-corrected chi connectivity index (χ3v) is 4.07. The number of carbonyl (C=O) groups is 2. The summed E-state index contributed by atoms with van der Waals surface area (Å²) in [6.45, 7) is 4.29. The summed E-state index contributed by atoms with van der Waals surface area (Å²) in [5.41, 5.74) is 0.249. The number of nitrogens with one attached hydrogen (secondary N) is 1. The number of carbonyl (C=O) groups excluding carboxylic acids is 2. The van der Waals surface area contributed by atoms with E-state index in [0.29, 0.717) is 19.4 Å². The molecule has 0 atom stereocenters. The molecular weight excluding hydrogens is 256 g/mol. The summed E-state index contributed by atoms with van der Waals surface area (Å²) in [6.07, 6.45) is 1.22. The monoisotopic (exact) mass is 276 g/mol. The van der Waals surface area contributed by atoms with E-state index in [4.69, 9.17) is 4.74 Å². The number of rotatable bonds is 5. The maximum Gasteiger partial charge on any atom is 0.325 e. The average Bonchev–Trinajstić information content (AvgIpc) is 2.71. The first-order chi connectivity index (χ1) is 9.57. The van der Waals surface area contributed by atoms with Gasteiger partial charge in [0, 0.05) is 6.54 Å². The van der Waals surface area contributed by atoms with Crippen LogP contribution in [-0.2, 0) is 11.3 Å². The highest BCUT2D eigenvalue weighted by Gasteiger charge is 2.50. The molecule has 0 aliphatic carbocycles. The van der Waals surface area contributed by atoms with Gasteiger partial charge in [0.25, 0.3) is 5.91 Å². The molecule has 0 saturated carbocycles. The molecule has 5 heteroatoms. The number of urea groups is 1. The van der Waals surface area contributed by atoms with Gasteiger partial charge in [0.05, 0.1) is 7.11 Å². The third-order valence-electron chi connectivity index (χ3n) is 4.07. The average molecular weight is 276 g/mol. The first-order valence-corrected chi connectivity index (χ1v) is 6.83. The van der Waals surface area contributed by atoms with Gasteiger partial charge in [-0.05, 0) is 30.5 Å². The molecule has 1 aromatic rings. The molecule has 20 heavy (non-hydrogen) atoms. The Morgan fingerprint density at radius 2 is 1.75 bits per heavy atom. The summed E-state index contributed by atoms with van der Waals surface area (Å²) < 4.78 is 5.11. The van der Waals surface area contributed by atoms with Crippen LogP contribution < -0.4 is 10.1 Å². The number of benzene rings is 1. The molecule has 1 aliphatic rings. The lowest BCUT2D eigenvalue weighted by atomic mass is 9.91. The Morgan fingerprint density at radius 3 is 2.25 bits per heavy atom. The van der Waals surface area contributed by atoms with Crippen LogP contribution in [0.2, 0.25) is 0 Å². The van der Waals surface area contributed by atoms with Crippen LogP contribution in [0, 0.1) is 0 Å². The summed E-state index contributed by atoms with van der Waals surface area (Å²) in [7, 11) is 1.61. The van der Waals surface area contributed by atoms with Gasteiger partial charge in [-0.2, -0.15) is 0 Å².